The highest BCUT2D eigenvalue weighted by Gasteiger charge is 2.14. The van der Waals surface area contributed by atoms with Crippen LogP contribution >= 0.6 is 0 Å². The number of benzene rings is 2. The molecule has 0 atom stereocenters. The van der Waals surface area contributed by atoms with Crippen LogP contribution in [0.15, 0.2) is 48.7 Å². The lowest BCUT2D eigenvalue weighted by Gasteiger charge is -2.15. The summed E-state index contributed by atoms with van der Waals surface area (Å²) in [5.74, 6) is -1.01. The molecule has 1 heterocycles. The number of nitrogens with one attached hydrogen (secondary N) is 1. The van der Waals surface area contributed by atoms with Crippen LogP contribution in [0, 0.1) is 0 Å². The second kappa shape index (κ2) is 11.3. The van der Waals surface area contributed by atoms with E-state index in [1.165, 1.54) is 0 Å². The van der Waals surface area contributed by atoms with E-state index in [0.29, 0.717) is 23.8 Å². The molecular weight excluding hydrogens is 418 g/mol. The molecule has 170 valence electrons. The number of carboxylic acid groups (broad SMARTS) is 2. The number of aromatic nitrogens is 2. The zero-order valence-corrected chi connectivity index (χ0v) is 18.2. The highest BCUT2D eigenvalue weighted by atomic mass is 16.5. The molecule has 3 N–H and O–H groups in total. The van der Waals surface area contributed by atoms with Gasteiger partial charge in [-0.15, -0.1) is 0 Å². The number of rotatable bonds is 7. The number of imidazole rings is 1. The second-order valence-electron chi connectivity index (χ2n) is 6.39. The predicted octanol–water partition coefficient (Wildman–Crippen LogP) is 2.88. The Labute approximate surface area is 185 Å². The molecule has 10 nitrogen and oxygen atoms in total. The predicted molar refractivity (Wildman–Crippen MR) is 117 cm³/mol. The quantitative estimate of drug-likeness (QED) is 0.472. The van der Waals surface area contributed by atoms with E-state index in [9.17, 15) is 0 Å². The first-order valence-corrected chi connectivity index (χ1v) is 9.38. The molecule has 0 spiro atoms. The van der Waals surface area contributed by atoms with Crippen LogP contribution in [-0.4, -0.2) is 53.0 Å². The van der Waals surface area contributed by atoms with E-state index in [0.717, 1.165) is 22.8 Å². The first kappa shape index (κ1) is 24.1. The number of methoxy groups -OCH3 is 3. The zero-order valence-electron chi connectivity index (χ0n) is 18.2. The molecular formula is C22H25N3O7. The Bertz CT molecular complexity index is 1030. The van der Waals surface area contributed by atoms with Gasteiger partial charge in [-0.25, -0.2) is 14.6 Å². The van der Waals surface area contributed by atoms with Crippen molar-refractivity contribution in [1.82, 2.24) is 9.55 Å². The van der Waals surface area contributed by atoms with E-state index in [2.05, 4.69) is 22.4 Å². The molecule has 2 aromatic carbocycles. The summed E-state index contributed by atoms with van der Waals surface area (Å²) < 4.78 is 18.2. The van der Waals surface area contributed by atoms with Gasteiger partial charge in [-0.3, -0.25) is 0 Å². The summed E-state index contributed by atoms with van der Waals surface area (Å²) in [4.78, 5) is 22.7. The van der Waals surface area contributed by atoms with Gasteiger partial charge in [-0.1, -0.05) is 30.3 Å². The molecule has 0 aliphatic heterocycles. The van der Waals surface area contributed by atoms with Gasteiger partial charge in [0.15, 0.2) is 11.5 Å². The number of hydrogen-bond donors (Lipinski definition) is 3. The molecule has 0 saturated heterocycles. The minimum Gasteiger partial charge on any atom is -0.493 e. The maximum Gasteiger partial charge on any atom is 0.414 e. The van der Waals surface area contributed by atoms with Gasteiger partial charge in [-0.05, 0) is 23.3 Å². The molecule has 0 fully saturated rings. The Balaban J connectivity index is 0.000000534. The molecule has 3 rings (SSSR count). The molecule has 10 heteroatoms. The van der Waals surface area contributed by atoms with Crippen molar-refractivity contribution in [2.45, 2.75) is 6.54 Å². The van der Waals surface area contributed by atoms with Gasteiger partial charge in [0.2, 0.25) is 11.7 Å². The van der Waals surface area contributed by atoms with Crippen LogP contribution in [0.4, 0.5) is 5.95 Å². The molecule has 0 unspecified atom stereocenters. The molecule has 0 radical (unpaired) electrons. The van der Waals surface area contributed by atoms with Gasteiger partial charge in [-0.2, -0.15) is 0 Å². The van der Waals surface area contributed by atoms with Gasteiger partial charge in [0.25, 0.3) is 0 Å². The van der Waals surface area contributed by atoms with E-state index in [1.807, 2.05) is 48.1 Å². The number of nitrogens with zero attached hydrogens (tertiary/aromatic N) is 2. The molecule has 0 saturated carbocycles. The Morgan fingerprint density at radius 1 is 0.969 bits per heavy atom. The molecule has 1 aromatic heterocycles. The first-order chi connectivity index (χ1) is 15.3. The maximum absolute atomic E-state index is 9.10. The lowest BCUT2D eigenvalue weighted by atomic mass is 10.1. The lowest BCUT2D eigenvalue weighted by molar-refractivity contribution is -0.159. The van der Waals surface area contributed by atoms with Gasteiger partial charge in [0, 0.05) is 13.6 Å². The fourth-order valence-electron chi connectivity index (χ4n) is 2.87. The summed E-state index contributed by atoms with van der Waals surface area (Å²) in [6.45, 7) is 0.579. The van der Waals surface area contributed by atoms with Crippen molar-refractivity contribution in [3.05, 3.63) is 54.2 Å². The molecule has 32 heavy (non-hydrogen) atoms. The third-order valence-electron chi connectivity index (χ3n) is 4.42. The largest absolute Gasteiger partial charge is 0.493 e. The SMILES string of the molecule is COc1cc(CNc2ncc(-c3ccccc3)n2C)cc(OC)c1OC.O=C(O)C(=O)O. The van der Waals surface area contributed by atoms with Crippen LogP contribution in [-0.2, 0) is 23.2 Å². The van der Waals surface area contributed by atoms with E-state index < -0.39 is 11.9 Å². The number of ether oxygens (including phenoxy) is 3. The number of aliphatic carboxylic acids is 2. The van der Waals surface area contributed by atoms with Crippen LogP contribution in [0.5, 0.6) is 17.2 Å². The highest BCUT2D eigenvalue weighted by Crippen LogP contribution is 2.38. The normalized spacial score (nSPS) is 9.88. The summed E-state index contributed by atoms with van der Waals surface area (Å²) in [6.07, 6.45) is 1.87. The van der Waals surface area contributed by atoms with Gasteiger partial charge < -0.3 is 34.3 Å². The molecule has 0 aliphatic rings. The number of hydrogen-bond acceptors (Lipinski definition) is 7. The topological polar surface area (TPSA) is 132 Å². The van der Waals surface area contributed by atoms with Crippen molar-refractivity contribution < 1.29 is 34.0 Å². The van der Waals surface area contributed by atoms with Gasteiger partial charge >= 0.3 is 11.9 Å². The molecule has 0 bridgehead atoms. The van der Waals surface area contributed by atoms with Crippen molar-refractivity contribution >= 4 is 17.9 Å². The van der Waals surface area contributed by atoms with E-state index >= 15 is 0 Å². The Hall–Kier alpha value is -4.21. The van der Waals surface area contributed by atoms with Gasteiger partial charge in [0.05, 0.1) is 33.2 Å². The van der Waals surface area contributed by atoms with Crippen molar-refractivity contribution in [3.63, 3.8) is 0 Å². The second-order valence-corrected chi connectivity index (χ2v) is 6.39. The molecule has 0 aliphatic carbocycles. The molecule has 3 aromatic rings. The summed E-state index contributed by atoms with van der Waals surface area (Å²) in [6, 6.07) is 14.0. The Morgan fingerprint density at radius 2 is 1.53 bits per heavy atom. The van der Waals surface area contributed by atoms with E-state index in [1.54, 1.807) is 21.3 Å². The Morgan fingerprint density at radius 3 is 2.00 bits per heavy atom. The maximum atomic E-state index is 9.10. The standard InChI is InChI=1S/C20H23N3O3.C2H2O4/c1-23-16(15-8-6-5-7-9-15)13-22-20(23)21-12-14-10-17(24-2)19(26-4)18(11-14)25-3;3-1(4)2(5)6/h5-11,13H,12H2,1-4H3,(H,21,22);(H,3,4)(H,5,6). The number of carboxylic acids is 2. The number of anilines is 1. The third-order valence-corrected chi connectivity index (χ3v) is 4.42. The minimum atomic E-state index is -1.82. The fraction of sp³-hybridized carbons (Fsp3) is 0.227. The first-order valence-electron chi connectivity index (χ1n) is 9.38. The third kappa shape index (κ3) is 5.91. The molecule has 0 amide bonds. The van der Waals surface area contributed by atoms with Crippen LogP contribution < -0.4 is 19.5 Å². The van der Waals surface area contributed by atoms with Crippen LogP contribution in [0.1, 0.15) is 5.56 Å². The number of carbonyl (C=O) groups is 2. The van der Waals surface area contributed by atoms with Crippen molar-refractivity contribution in [1.29, 1.82) is 0 Å². The van der Waals surface area contributed by atoms with E-state index in [4.69, 9.17) is 34.0 Å². The average molecular weight is 443 g/mol. The van der Waals surface area contributed by atoms with Crippen molar-refractivity contribution in [2.24, 2.45) is 7.05 Å². The van der Waals surface area contributed by atoms with Gasteiger partial charge in [0.1, 0.15) is 0 Å². The van der Waals surface area contributed by atoms with Crippen molar-refractivity contribution in [3.8, 4) is 28.5 Å². The Kier molecular flexibility index (Phi) is 8.46. The van der Waals surface area contributed by atoms with Crippen LogP contribution in [0.3, 0.4) is 0 Å². The summed E-state index contributed by atoms with van der Waals surface area (Å²) in [7, 11) is 6.81. The fourth-order valence-corrected chi connectivity index (χ4v) is 2.87. The van der Waals surface area contributed by atoms with Crippen LogP contribution in [0.2, 0.25) is 0 Å². The lowest BCUT2D eigenvalue weighted by Crippen LogP contribution is -2.09. The van der Waals surface area contributed by atoms with Crippen molar-refractivity contribution in [2.75, 3.05) is 26.6 Å². The van der Waals surface area contributed by atoms with E-state index in [-0.39, 0.29) is 0 Å². The smallest absolute Gasteiger partial charge is 0.414 e. The zero-order chi connectivity index (χ0) is 23.7. The van der Waals surface area contributed by atoms with Crippen LogP contribution in [0.25, 0.3) is 11.3 Å². The highest BCUT2D eigenvalue weighted by molar-refractivity contribution is 6.27. The monoisotopic (exact) mass is 443 g/mol. The summed E-state index contributed by atoms with van der Waals surface area (Å²) in [5.41, 5.74) is 3.19. The summed E-state index contributed by atoms with van der Waals surface area (Å²) in [5, 5.41) is 18.1. The summed E-state index contributed by atoms with van der Waals surface area (Å²) >= 11 is 0. The minimum absolute atomic E-state index is 0.579. The average Bonchev–Trinajstić information content (AvgIpc) is 3.17.